The molecule has 0 aliphatic heterocycles. The standard InChI is InChI=1S/C14H17BrN6O7S/c1-4-28-7(6-22)10-11(15)19-20-12(10)29(24,25)21-14(23)18-13-16-8(26-2)5-9(17-13)27-3/h5-7H,4H2,1-3H3,(H,19,20)(H2,16,17,18,21,23). The van der Waals surface area contributed by atoms with E-state index in [4.69, 9.17) is 14.2 Å². The number of anilines is 1. The van der Waals surface area contributed by atoms with E-state index in [1.807, 2.05) is 0 Å². The molecule has 15 heteroatoms. The minimum absolute atomic E-state index is 0.0460. The van der Waals surface area contributed by atoms with Gasteiger partial charge in [0.2, 0.25) is 17.7 Å². The van der Waals surface area contributed by atoms with Crippen LogP contribution < -0.4 is 19.5 Å². The van der Waals surface area contributed by atoms with Crippen LogP contribution in [0, 0.1) is 0 Å². The molecule has 0 bridgehead atoms. The number of rotatable bonds is 9. The summed E-state index contributed by atoms with van der Waals surface area (Å²) in [7, 11) is -1.78. The van der Waals surface area contributed by atoms with E-state index in [0.29, 0.717) is 6.29 Å². The molecule has 1 unspecified atom stereocenters. The van der Waals surface area contributed by atoms with Crippen LogP contribution in [0.3, 0.4) is 0 Å². The van der Waals surface area contributed by atoms with Crippen LogP contribution in [0.1, 0.15) is 18.6 Å². The van der Waals surface area contributed by atoms with Gasteiger partial charge in [0.05, 0.1) is 25.8 Å². The van der Waals surface area contributed by atoms with Gasteiger partial charge in [-0.05, 0) is 22.9 Å². The van der Waals surface area contributed by atoms with Crippen molar-refractivity contribution in [2.24, 2.45) is 0 Å². The Bertz CT molecular complexity index is 974. The summed E-state index contributed by atoms with van der Waals surface area (Å²) in [6, 6.07) is 0.192. The maximum atomic E-state index is 12.6. The molecule has 29 heavy (non-hydrogen) atoms. The third-order valence-electron chi connectivity index (χ3n) is 3.30. The monoisotopic (exact) mass is 492 g/mol. The molecule has 13 nitrogen and oxygen atoms in total. The van der Waals surface area contributed by atoms with Crippen LogP contribution in [-0.4, -0.2) is 61.7 Å². The lowest BCUT2D eigenvalue weighted by Gasteiger charge is -2.13. The highest BCUT2D eigenvalue weighted by atomic mass is 79.9. The fraction of sp³-hybridized carbons (Fsp3) is 0.357. The van der Waals surface area contributed by atoms with Gasteiger partial charge in [-0.1, -0.05) is 0 Å². The average Bonchev–Trinajstić information content (AvgIpc) is 3.07. The van der Waals surface area contributed by atoms with Crippen LogP contribution in [0.4, 0.5) is 10.7 Å². The van der Waals surface area contributed by atoms with Gasteiger partial charge in [-0.3, -0.25) is 10.4 Å². The number of nitrogens with zero attached hydrogens (tertiary/aromatic N) is 3. The summed E-state index contributed by atoms with van der Waals surface area (Å²) in [6.07, 6.45) is -0.803. The maximum absolute atomic E-state index is 12.6. The highest BCUT2D eigenvalue weighted by Gasteiger charge is 2.31. The predicted molar refractivity (Wildman–Crippen MR) is 101 cm³/mol. The highest BCUT2D eigenvalue weighted by molar-refractivity contribution is 9.10. The number of H-pyrrole nitrogens is 1. The summed E-state index contributed by atoms with van der Waals surface area (Å²) < 4.78 is 42.1. The molecule has 0 radical (unpaired) electrons. The Balaban J connectivity index is 2.26. The molecule has 0 spiro atoms. The van der Waals surface area contributed by atoms with Gasteiger partial charge in [0, 0.05) is 6.61 Å². The number of urea groups is 1. The zero-order valence-corrected chi connectivity index (χ0v) is 17.8. The number of aromatic nitrogens is 4. The van der Waals surface area contributed by atoms with E-state index < -0.39 is 27.2 Å². The van der Waals surface area contributed by atoms with E-state index in [0.717, 1.165) is 0 Å². The number of aldehydes is 1. The lowest BCUT2D eigenvalue weighted by atomic mass is 10.2. The lowest BCUT2D eigenvalue weighted by Crippen LogP contribution is -2.35. The van der Waals surface area contributed by atoms with Crippen LogP contribution in [0.15, 0.2) is 15.7 Å². The first-order chi connectivity index (χ1) is 13.7. The summed E-state index contributed by atoms with van der Waals surface area (Å²) in [5, 5.41) is 7.60. The summed E-state index contributed by atoms with van der Waals surface area (Å²) in [5.41, 5.74) is -0.0820. The van der Waals surface area contributed by atoms with Crippen LogP contribution in [-0.2, 0) is 19.6 Å². The Morgan fingerprint density at radius 2 is 1.93 bits per heavy atom. The quantitative estimate of drug-likeness (QED) is 0.423. The van der Waals surface area contributed by atoms with Crippen molar-refractivity contribution in [1.82, 2.24) is 24.9 Å². The number of hydrogen-bond acceptors (Lipinski definition) is 10. The molecular weight excluding hydrogens is 476 g/mol. The topological polar surface area (TPSA) is 174 Å². The number of amides is 2. The van der Waals surface area contributed by atoms with Crippen molar-refractivity contribution in [2.75, 3.05) is 26.1 Å². The molecule has 0 aliphatic rings. The second kappa shape index (κ2) is 9.62. The Morgan fingerprint density at radius 1 is 1.31 bits per heavy atom. The first-order valence-corrected chi connectivity index (χ1v) is 10.1. The van der Waals surface area contributed by atoms with Gasteiger partial charge in [-0.2, -0.15) is 23.5 Å². The Kier molecular flexibility index (Phi) is 7.46. The second-order valence-electron chi connectivity index (χ2n) is 5.11. The number of sulfonamides is 1. The SMILES string of the molecule is CCOC(C=O)c1c(Br)n[nH]c1S(=O)(=O)NC(=O)Nc1nc(OC)cc(OC)n1. The van der Waals surface area contributed by atoms with E-state index >= 15 is 0 Å². The Labute approximate surface area is 173 Å². The molecule has 0 aromatic carbocycles. The van der Waals surface area contributed by atoms with Crippen molar-refractivity contribution < 1.29 is 32.2 Å². The number of hydrogen-bond donors (Lipinski definition) is 3. The fourth-order valence-corrected chi connectivity index (χ4v) is 3.81. The van der Waals surface area contributed by atoms with E-state index in [2.05, 4.69) is 41.4 Å². The third kappa shape index (κ3) is 5.39. The Hall–Kier alpha value is -2.78. The molecule has 158 valence electrons. The fourth-order valence-electron chi connectivity index (χ4n) is 2.10. The largest absolute Gasteiger partial charge is 0.481 e. The number of aromatic amines is 1. The van der Waals surface area contributed by atoms with Crippen molar-refractivity contribution in [3.05, 3.63) is 16.2 Å². The molecule has 2 heterocycles. The molecule has 1 atom stereocenters. The smallest absolute Gasteiger partial charge is 0.335 e. The van der Waals surface area contributed by atoms with Crippen LogP contribution >= 0.6 is 15.9 Å². The molecular formula is C14H17BrN6O7S. The maximum Gasteiger partial charge on any atom is 0.335 e. The number of carbonyl (C=O) groups is 2. The Morgan fingerprint density at radius 3 is 2.45 bits per heavy atom. The number of carbonyl (C=O) groups excluding carboxylic acids is 2. The lowest BCUT2D eigenvalue weighted by molar-refractivity contribution is -0.118. The van der Waals surface area contributed by atoms with Crippen LogP contribution in [0.25, 0.3) is 0 Å². The molecule has 2 amide bonds. The van der Waals surface area contributed by atoms with E-state index in [1.54, 1.807) is 11.6 Å². The van der Waals surface area contributed by atoms with Gasteiger partial charge in [0.25, 0.3) is 10.0 Å². The molecule has 0 fully saturated rings. The third-order valence-corrected chi connectivity index (χ3v) is 5.20. The van der Waals surface area contributed by atoms with Gasteiger partial charge in [0.15, 0.2) is 11.3 Å². The van der Waals surface area contributed by atoms with E-state index in [9.17, 15) is 18.0 Å². The number of nitrogens with one attached hydrogen (secondary N) is 3. The molecule has 2 rings (SSSR count). The second-order valence-corrected chi connectivity index (χ2v) is 7.48. The van der Waals surface area contributed by atoms with Gasteiger partial charge in [-0.15, -0.1) is 0 Å². The molecule has 0 saturated heterocycles. The van der Waals surface area contributed by atoms with E-state index in [1.165, 1.54) is 20.3 Å². The molecule has 0 aliphatic carbocycles. The minimum atomic E-state index is -4.46. The normalized spacial score (nSPS) is 12.1. The zero-order chi connectivity index (χ0) is 21.6. The van der Waals surface area contributed by atoms with Crippen LogP contribution in [0.2, 0.25) is 0 Å². The molecule has 2 aromatic heterocycles. The van der Waals surface area contributed by atoms with Gasteiger partial charge in [0.1, 0.15) is 10.7 Å². The molecule has 3 N–H and O–H groups in total. The number of ether oxygens (including phenoxy) is 3. The van der Waals surface area contributed by atoms with Gasteiger partial charge < -0.3 is 19.0 Å². The first-order valence-electron chi connectivity index (χ1n) is 7.87. The minimum Gasteiger partial charge on any atom is -0.481 e. The number of halogens is 1. The van der Waals surface area contributed by atoms with Gasteiger partial charge >= 0.3 is 6.03 Å². The van der Waals surface area contributed by atoms with Crippen molar-refractivity contribution in [1.29, 1.82) is 0 Å². The first kappa shape index (κ1) is 22.5. The summed E-state index contributed by atoms with van der Waals surface area (Å²) in [4.78, 5) is 31.2. The van der Waals surface area contributed by atoms with Crippen molar-refractivity contribution in [2.45, 2.75) is 18.1 Å². The zero-order valence-electron chi connectivity index (χ0n) is 15.4. The van der Waals surface area contributed by atoms with Crippen molar-refractivity contribution >= 4 is 44.2 Å². The number of methoxy groups -OCH3 is 2. The van der Waals surface area contributed by atoms with Gasteiger partial charge in [-0.25, -0.2) is 9.52 Å². The summed E-state index contributed by atoms with van der Waals surface area (Å²) in [5.74, 6) is -0.0966. The van der Waals surface area contributed by atoms with Crippen molar-refractivity contribution in [3.8, 4) is 11.8 Å². The summed E-state index contributed by atoms with van der Waals surface area (Å²) in [6.45, 7) is 1.77. The van der Waals surface area contributed by atoms with Crippen molar-refractivity contribution in [3.63, 3.8) is 0 Å². The van der Waals surface area contributed by atoms with E-state index in [-0.39, 0.29) is 34.5 Å². The highest BCUT2D eigenvalue weighted by Crippen LogP contribution is 2.29. The molecule has 0 saturated carbocycles. The predicted octanol–water partition coefficient (Wildman–Crippen LogP) is 0.766. The summed E-state index contributed by atoms with van der Waals surface area (Å²) >= 11 is 3.05. The average molecular weight is 493 g/mol. The molecule has 2 aromatic rings. The van der Waals surface area contributed by atoms with Crippen LogP contribution in [0.5, 0.6) is 11.8 Å².